The highest BCUT2D eigenvalue weighted by Crippen LogP contribution is 2.32. The Labute approximate surface area is 83.1 Å². The Kier molecular flexibility index (Phi) is 6.29. The van der Waals surface area contributed by atoms with Gasteiger partial charge in [0.15, 0.2) is 8.32 Å². The second-order valence-corrected chi connectivity index (χ2v) is 7.73. The molecule has 78 valence electrons. The van der Waals surface area contributed by atoms with E-state index in [9.17, 15) is 0 Å². The Bertz CT molecular complexity index is 138. The summed E-state index contributed by atoms with van der Waals surface area (Å²) in [5.74, 6) is 0. The second kappa shape index (κ2) is 6.35. The second-order valence-electron chi connectivity index (χ2n) is 3.67. The SMILES string of the molecule is C=CC[Si]1(OCC)CCCCC1.N. The normalized spacial score (nSPS) is 20.4. The van der Waals surface area contributed by atoms with E-state index in [1.807, 2.05) is 0 Å². The van der Waals surface area contributed by atoms with E-state index in [-0.39, 0.29) is 6.15 Å². The first-order chi connectivity index (χ1) is 5.83. The Morgan fingerprint density at radius 2 is 1.92 bits per heavy atom. The summed E-state index contributed by atoms with van der Waals surface area (Å²) in [6, 6.07) is 3.90. The van der Waals surface area contributed by atoms with Crippen molar-refractivity contribution >= 4 is 8.32 Å². The third-order valence-corrected chi connectivity index (χ3v) is 7.19. The summed E-state index contributed by atoms with van der Waals surface area (Å²) < 4.78 is 5.98. The molecule has 0 spiro atoms. The molecule has 0 aliphatic carbocycles. The van der Waals surface area contributed by atoms with Crippen LogP contribution in [0.1, 0.15) is 26.2 Å². The van der Waals surface area contributed by atoms with Gasteiger partial charge >= 0.3 is 0 Å². The maximum Gasteiger partial charge on any atom is 0.196 e. The highest BCUT2D eigenvalue weighted by molar-refractivity contribution is 6.74. The van der Waals surface area contributed by atoms with Gasteiger partial charge in [0.05, 0.1) is 0 Å². The van der Waals surface area contributed by atoms with E-state index < -0.39 is 8.32 Å². The lowest BCUT2D eigenvalue weighted by molar-refractivity contribution is 0.312. The third-order valence-electron chi connectivity index (χ3n) is 2.73. The van der Waals surface area contributed by atoms with E-state index in [0.29, 0.717) is 0 Å². The highest BCUT2D eigenvalue weighted by atomic mass is 28.4. The molecular weight excluding hydrogens is 178 g/mol. The quantitative estimate of drug-likeness (QED) is 0.559. The topological polar surface area (TPSA) is 44.2 Å². The van der Waals surface area contributed by atoms with Gasteiger partial charge in [-0.2, -0.15) is 0 Å². The monoisotopic (exact) mass is 201 g/mol. The molecule has 0 aromatic carbocycles. The summed E-state index contributed by atoms with van der Waals surface area (Å²) >= 11 is 0. The van der Waals surface area contributed by atoms with Crippen molar-refractivity contribution < 1.29 is 4.43 Å². The summed E-state index contributed by atoms with van der Waals surface area (Å²) in [7, 11) is -1.30. The van der Waals surface area contributed by atoms with Crippen LogP contribution in [0.4, 0.5) is 0 Å². The molecule has 2 nitrogen and oxygen atoms in total. The number of rotatable bonds is 4. The fourth-order valence-electron chi connectivity index (χ4n) is 2.17. The molecule has 0 aromatic heterocycles. The predicted octanol–water partition coefficient (Wildman–Crippen LogP) is 3.50. The number of hydrogen-bond acceptors (Lipinski definition) is 2. The lowest BCUT2D eigenvalue weighted by Gasteiger charge is -2.33. The zero-order chi connectivity index (χ0) is 8.86. The summed E-state index contributed by atoms with van der Waals surface area (Å²) in [5, 5.41) is 0. The molecule has 1 aliphatic rings. The van der Waals surface area contributed by atoms with Gasteiger partial charge in [0.1, 0.15) is 0 Å². The van der Waals surface area contributed by atoms with Crippen LogP contribution in [0.3, 0.4) is 0 Å². The standard InChI is InChI=1S/C10H20OSi.H3N/c1-3-8-12(11-4-2)9-6-5-7-10-12;/h3H,1,4-10H2,2H3;1H3. The first-order valence-electron chi connectivity index (χ1n) is 5.08. The summed E-state index contributed by atoms with van der Waals surface area (Å²) in [4.78, 5) is 0. The molecule has 0 aromatic rings. The minimum Gasteiger partial charge on any atom is -0.417 e. The molecule has 0 unspecified atom stereocenters. The minimum atomic E-state index is -1.30. The van der Waals surface area contributed by atoms with Crippen LogP contribution in [-0.4, -0.2) is 14.9 Å². The van der Waals surface area contributed by atoms with Gasteiger partial charge < -0.3 is 10.6 Å². The van der Waals surface area contributed by atoms with E-state index in [0.717, 1.165) is 6.61 Å². The van der Waals surface area contributed by atoms with Crippen molar-refractivity contribution in [3.63, 3.8) is 0 Å². The molecule has 0 radical (unpaired) electrons. The molecule has 1 saturated heterocycles. The van der Waals surface area contributed by atoms with Crippen LogP contribution in [-0.2, 0) is 4.43 Å². The van der Waals surface area contributed by atoms with Gasteiger partial charge in [-0.3, -0.25) is 0 Å². The Morgan fingerprint density at radius 1 is 1.31 bits per heavy atom. The van der Waals surface area contributed by atoms with Crippen molar-refractivity contribution in [1.29, 1.82) is 0 Å². The van der Waals surface area contributed by atoms with Crippen molar-refractivity contribution in [2.45, 2.75) is 44.3 Å². The van der Waals surface area contributed by atoms with Crippen molar-refractivity contribution in [1.82, 2.24) is 6.15 Å². The van der Waals surface area contributed by atoms with Crippen LogP contribution in [0.25, 0.3) is 0 Å². The molecule has 0 saturated carbocycles. The van der Waals surface area contributed by atoms with Crippen molar-refractivity contribution in [3.8, 4) is 0 Å². The van der Waals surface area contributed by atoms with Gasteiger partial charge in [-0.25, -0.2) is 0 Å². The zero-order valence-electron chi connectivity index (χ0n) is 8.85. The highest BCUT2D eigenvalue weighted by Gasteiger charge is 2.34. The zero-order valence-corrected chi connectivity index (χ0v) is 9.85. The smallest absolute Gasteiger partial charge is 0.196 e. The lowest BCUT2D eigenvalue weighted by Crippen LogP contribution is -2.39. The van der Waals surface area contributed by atoms with Gasteiger partial charge in [-0.15, -0.1) is 6.58 Å². The van der Waals surface area contributed by atoms with E-state index in [2.05, 4.69) is 19.6 Å². The molecule has 0 bridgehead atoms. The Hall–Kier alpha value is -0.123. The van der Waals surface area contributed by atoms with Gasteiger partial charge in [-0.05, 0) is 25.1 Å². The van der Waals surface area contributed by atoms with E-state index in [1.165, 1.54) is 37.4 Å². The molecule has 1 rings (SSSR count). The van der Waals surface area contributed by atoms with Crippen molar-refractivity contribution in [3.05, 3.63) is 12.7 Å². The maximum atomic E-state index is 5.98. The van der Waals surface area contributed by atoms with Gasteiger partial charge in [0.2, 0.25) is 0 Å². The van der Waals surface area contributed by atoms with Crippen LogP contribution in [0.15, 0.2) is 12.7 Å². The molecule has 1 heterocycles. The van der Waals surface area contributed by atoms with Crippen molar-refractivity contribution in [2.75, 3.05) is 6.61 Å². The van der Waals surface area contributed by atoms with Gasteiger partial charge in [0, 0.05) is 6.61 Å². The Balaban J connectivity index is 0.00000144. The average molecular weight is 201 g/mol. The van der Waals surface area contributed by atoms with Crippen molar-refractivity contribution in [2.24, 2.45) is 0 Å². The number of allylic oxidation sites excluding steroid dienone is 1. The number of hydrogen-bond donors (Lipinski definition) is 1. The predicted molar refractivity (Wildman–Crippen MR) is 60.9 cm³/mol. The van der Waals surface area contributed by atoms with Crippen LogP contribution >= 0.6 is 0 Å². The van der Waals surface area contributed by atoms with E-state index in [4.69, 9.17) is 4.43 Å². The Morgan fingerprint density at radius 3 is 2.38 bits per heavy atom. The first kappa shape index (κ1) is 12.9. The molecular formula is C10H23NOSi. The molecule has 13 heavy (non-hydrogen) atoms. The molecule has 0 amide bonds. The minimum absolute atomic E-state index is 0. The van der Waals surface area contributed by atoms with Crippen LogP contribution in [0.2, 0.25) is 18.1 Å². The summed E-state index contributed by atoms with van der Waals surface area (Å²) in [6.45, 7) is 6.86. The molecule has 1 aliphatic heterocycles. The summed E-state index contributed by atoms with van der Waals surface area (Å²) in [5.41, 5.74) is 0. The fraction of sp³-hybridized carbons (Fsp3) is 0.800. The maximum absolute atomic E-state index is 5.98. The third kappa shape index (κ3) is 3.63. The average Bonchev–Trinajstić information content (AvgIpc) is 2.07. The van der Waals surface area contributed by atoms with Gasteiger partial charge in [0.25, 0.3) is 0 Å². The first-order valence-corrected chi connectivity index (χ1v) is 7.61. The molecule has 1 fully saturated rings. The molecule has 3 heteroatoms. The molecule has 3 N–H and O–H groups in total. The van der Waals surface area contributed by atoms with Gasteiger partial charge in [-0.1, -0.05) is 25.3 Å². The van der Waals surface area contributed by atoms with E-state index in [1.54, 1.807) is 0 Å². The van der Waals surface area contributed by atoms with Crippen LogP contribution < -0.4 is 6.15 Å². The van der Waals surface area contributed by atoms with Crippen LogP contribution in [0.5, 0.6) is 0 Å². The van der Waals surface area contributed by atoms with E-state index >= 15 is 0 Å². The fourth-order valence-corrected chi connectivity index (χ4v) is 6.16. The summed E-state index contributed by atoms with van der Waals surface area (Å²) in [6.07, 6.45) is 6.26. The largest absolute Gasteiger partial charge is 0.417 e. The lowest BCUT2D eigenvalue weighted by atomic mass is 10.3. The molecule has 0 atom stereocenters. The van der Waals surface area contributed by atoms with Crippen LogP contribution in [0, 0.1) is 0 Å².